The lowest BCUT2D eigenvalue weighted by Gasteiger charge is -2.16. The van der Waals surface area contributed by atoms with Gasteiger partial charge in [-0.05, 0) is 50.1 Å². The monoisotopic (exact) mass is 405 g/mol. The minimum atomic E-state index is -0.236. The number of carbonyl (C=O) groups excluding carboxylic acids is 1. The number of hydrogen-bond acceptors (Lipinski definition) is 3. The molecule has 0 aliphatic carbocycles. The number of nitrogens with one attached hydrogen (secondary N) is 1. The third-order valence-corrected chi connectivity index (χ3v) is 3.75. The van der Waals surface area contributed by atoms with Gasteiger partial charge in [0.1, 0.15) is 11.5 Å². The Labute approximate surface area is 157 Å². The number of anilines is 1. The van der Waals surface area contributed by atoms with E-state index in [2.05, 4.69) is 35.1 Å². The van der Waals surface area contributed by atoms with Crippen LogP contribution < -0.4 is 14.8 Å². The van der Waals surface area contributed by atoms with Crippen LogP contribution in [0.4, 0.5) is 5.69 Å². The summed E-state index contributed by atoms with van der Waals surface area (Å²) < 4.78 is 12.4. The molecule has 0 heterocycles. The maximum Gasteiger partial charge on any atom is 0.259 e. The van der Waals surface area contributed by atoms with Crippen LogP contribution in [0.25, 0.3) is 0 Å². The second kappa shape index (κ2) is 8.90. The van der Waals surface area contributed by atoms with E-state index in [1.165, 1.54) is 0 Å². The first-order valence-electron chi connectivity index (χ1n) is 8.36. The van der Waals surface area contributed by atoms with E-state index >= 15 is 0 Å². The molecule has 0 radical (unpaired) electrons. The highest BCUT2D eigenvalue weighted by molar-refractivity contribution is 9.10. The van der Waals surface area contributed by atoms with Crippen LogP contribution in [0.15, 0.2) is 46.9 Å². The zero-order chi connectivity index (χ0) is 18.4. The lowest BCUT2D eigenvalue weighted by atomic mass is 10.1. The molecule has 0 aromatic heterocycles. The average molecular weight is 406 g/mol. The van der Waals surface area contributed by atoms with E-state index in [9.17, 15) is 4.79 Å². The molecule has 0 saturated carbocycles. The standard InChI is InChI=1S/C20H24BrNO3/c1-13(2)12-24-18-10-9-15(21)11-16(18)20(23)22-17-7-5-6-8-19(17)25-14(3)4/h5-11,13-14H,12H2,1-4H3,(H,22,23). The summed E-state index contributed by atoms with van der Waals surface area (Å²) in [5.74, 6) is 1.35. The molecule has 0 fully saturated rings. The second-order valence-corrected chi connectivity index (χ2v) is 7.38. The third-order valence-electron chi connectivity index (χ3n) is 3.26. The van der Waals surface area contributed by atoms with Crippen molar-refractivity contribution in [2.75, 3.05) is 11.9 Å². The Kier molecular flexibility index (Phi) is 6.88. The van der Waals surface area contributed by atoms with E-state index in [0.717, 1.165) is 4.47 Å². The number of hydrogen-bond donors (Lipinski definition) is 1. The first-order chi connectivity index (χ1) is 11.9. The van der Waals surface area contributed by atoms with Gasteiger partial charge >= 0.3 is 0 Å². The molecule has 5 heteroatoms. The van der Waals surface area contributed by atoms with Crippen molar-refractivity contribution in [1.82, 2.24) is 0 Å². The van der Waals surface area contributed by atoms with Gasteiger partial charge in [0, 0.05) is 4.47 Å². The van der Waals surface area contributed by atoms with E-state index in [1.54, 1.807) is 12.1 Å². The SMILES string of the molecule is CC(C)COc1ccc(Br)cc1C(=O)Nc1ccccc1OC(C)C. The molecule has 0 spiro atoms. The fourth-order valence-electron chi connectivity index (χ4n) is 2.18. The van der Waals surface area contributed by atoms with Crippen molar-refractivity contribution < 1.29 is 14.3 Å². The third kappa shape index (κ3) is 5.78. The molecule has 1 amide bonds. The summed E-state index contributed by atoms with van der Waals surface area (Å²) in [5, 5.41) is 2.92. The smallest absolute Gasteiger partial charge is 0.259 e. The zero-order valence-electron chi connectivity index (χ0n) is 15.0. The van der Waals surface area contributed by atoms with Crippen LogP contribution in [0.2, 0.25) is 0 Å². The quantitative estimate of drug-likeness (QED) is 0.658. The molecule has 1 N–H and O–H groups in total. The fraction of sp³-hybridized carbons (Fsp3) is 0.350. The van der Waals surface area contributed by atoms with Crippen LogP contribution in [0.3, 0.4) is 0 Å². The molecular formula is C20H24BrNO3. The molecule has 0 atom stereocenters. The van der Waals surface area contributed by atoms with E-state index in [-0.39, 0.29) is 12.0 Å². The summed E-state index contributed by atoms with van der Waals surface area (Å²) >= 11 is 3.42. The van der Waals surface area contributed by atoms with Gasteiger partial charge in [0.05, 0.1) is 24.0 Å². The molecular weight excluding hydrogens is 382 g/mol. The van der Waals surface area contributed by atoms with E-state index in [1.807, 2.05) is 44.2 Å². The lowest BCUT2D eigenvalue weighted by Crippen LogP contribution is -2.16. The number of ether oxygens (including phenoxy) is 2. The number of carbonyl (C=O) groups is 1. The second-order valence-electron chi connectivity index (χ2n) is 6.46. The summed E-state index contributed by atoms with van der Waals surface area (Å²) in [7, 11) is 0. The summed E-state index contributed by atoms with van der Waals surface area (Å²) in [5.41, 5.74) is 1.12. The molecule has 4 nitrogen and oxygen atoms in total. The van der Waals surface area contributed by atoms with E-state index < -0.39 is 0 Å². The summed E-state index contributed by atoms with van der Waals surface area (Å²) in [6.07, 6.45) is 0.0221. The minimum absolute atomic E-state index is 0.0221. The average Bonchev–Trinajstić information content (AvgIpc) is 2.54. The molecule has 0 unspecified atom stereocenters. The van der Waals surface area contributed by atoms with Crippen molar-refractivity contribution in [2.45, 2.75) is 33.8 Å². The molecule has 0 saturated heterocycles. The van der Waals surface area contributed by atoms with Gasteiger partial charge in [0.15, 0.2) is 0 Å². The summed E-state index contributed by atoms with van der Waals surface area (Å²) in [4.78, 5) is 12.8. The molecule has 0 aliphatic heterocycles. The number of rotatable bonds is 7. The van der Waals surface area contributed by atoms with Gasteiger partial charge in [0.25, 0.3) is 5.91 Å². The van der Waals surface area contributed by atoms with Gasteiger partial charge in [-0.2, -0.15) is 0 Å². The Balaban J connectivity index is 2.25. The van der Waals surface area contributed by atoms with Crippen LogP contribution >= 0.6 is 15.9 Å². The first kappa shape index (κ1) is 19.3. The van der Waals surface area contributed by atoms with Crippen LogP contribution in [0.5, 0.6) is 11.5 Å². The fourth-order valence-corrected chi connectivity index (χ4v) is 2.54. The Bertz CT molecular complexity index is 729. The number of halogens is 1. The topological polar surface area (TPSA) is 47.6 Å². The maximum absolute atomic E-state index is 12.8. The van der Waals surface area contributed by atoms with Crippen LogP contribution in [-0.2, 0) is 0 Å². The molecule has 134 valence electrons. The molecule has 0 bridgehead atoms. The van der Waals surface area contributed by atoms with E-state index in [4.69, 9.17) is 9.47 Å². The Hall–Kier alpha value is -2.01. The first-order valence-corrected chi connectivity index (χ1v) is 9.15. The van der Waals surface area contributed by atoms with Gasteiger partial charge in [-0.25, -0.2) is 0 Å². The molecule has 2 aromatic rings. The predicted octanol–water partition coefficient (Wildman–Crippen LogP) is 5.52. The number of para-hydroxylation sites is 2. The van der Waals surface area contributed by atoms with Crippen LogP contribution in [-0.4, -0.2) is 18.6 Å². The highest BCUT2D eigenvalue weighted by Crippen LogP contribution is 2.28. The lowest BCUT2D eigenvalue weighted by molar-refractivity contribution is 0.102. The van der Waals surface area contributed by atoms with Crippen molar-refractivity contribution in [3.8, 4) is 11.5 Å². The van der Waals surface area contributed by atoms with Crippen molar-refractivity contribution in [2.24, 2.45) is 5.92 Å². The van der Waals surface area contributed by atoms with E-state index in [0.29, 0.717) is 35.3 Å². The van der Waals surface area contributed by atoms with Crippen LogP contribution in [0.1, 0.15) is 38.1 Å². The van der Waals surface area contributed by atoms with Crippen molar-refractivity contribution in [3.63, 3.8) is 0 Å². The maximum atomic E-state index is 12.8. The predicted molar refractivity (Wildman–Crippen MR) is 105 cm³/mol. The molecule has 25 heavy (non-hydrogen) atoms. The van der Waals surface area contributed by atoms with Crippen molar-refractivity contribution in [3.05, 3.63) is 52.5 Å². The van der Waals surface area contributed by atoms with Gasteiger partial charge in [-0.1, -0.05) is 41.9 Å². The highest BCUT2D eigenvalue weighted by Gasteiger charge is 2.16. The molecule has 0 aliphatic rings. The van der Waals surface area contributed by atoms with Crippen molar-refractivity contribution >= 4 is 27.5 Å². The van der Waals surface area contributed by atoms with Gasteiger partial charge in [-0.15, -0.1) is 0 Å². The Morgan fingerprint density at radius 2 is 1.80 bits per heavy atom. The summed E-state index contributed by atoms with van der Waals surface area (Å²) in [6, 6.07) is 12.8. The Morgan fingerprint density at radius 1 is 1.08 bits per heavy atom. The molecule has 2 rings (SSSR count). The van der Waals surface area contributed by atoms with Crippen LogP contribution in [0, 0.1) is 5.92 Å². The van der Waals surface area contributed by atoms with Gasteiger partial charge < -0.3 is 14.8 Å². The van der Waals surface area contributed by atoms with Gasteiger partial charge in [-0.3, -0.25) is 4.79 Å². The summed E-state index contributed by atoms with van der Waals surface area (Å²) in [6.45, 7) is 8.58. The van der Waals surface area contributed by atoms with Crippen molar-refractivity contribution in [1.29, 1.82) is 0 Å². The normalized spacial score (nSPS) is 10.8. The van der Waals surface area contributed by atoms with Gasteiger partial charge in [0.2, 0.25) is 0 Å². The highest BCUT2D eigenvalue weighted by atomic mass is 79.9. The number of benzene rings is 2. The molecule has 2 aromatic carbocycles. The Morgan fingerprint density at radius 3 is 2.48 bits per heavy atom. The zero-order valence-corrected chi connectivity index (χ0v) is 16.6. The minimum Gasteiger partial charge on any atom is -0.492 e. The largest absolute Gasteiger partial charge is 0.492 e. The number of amides is 1.